The van der Waals surface area contributed by atoms with E-state index >= 15 is 0 Å². The highest BCUT2D eigenvalue weighted by molar-refractivity contribution is 8.00. The molecule has 0 aliphatic carbocycles. The van der Waals surface area contributed by atoms with Gasteiger partial charge in [-0.05, 0) is 55.2 Å². The maximum atomic E-state index is 12.7. The molecule has 1 atom stereocenters. The number of benzene rings is 2. The van der Waals surface area contributed by atoms with Gasteiger partial charge >= 0.3 is 0 Å². The van der Waals surface area contributed by atoms with Crippen molar-refractivity contribution in [3.05, 3.63) is 65.7 Å². The number of pyridine rings is 1. The number of para-hydroxylation sites is 1. The van der Waals surface area contributed by atoms with Crippen molar-refractivity contribution in [3.63, 3.8) is 0 Å². The third-order valence-corrected chi connectivity index (χ3v) is 5.74. The van der Waals surface area contributed by atoms with Crippen LogP contribution in [0, 0.1) is 6.92 Å². The van der Waals surface area contributed by atoms with Crippen molar-refractivity contribution in [2.75, 3.05) is 5.32 Å². The van der Waals surface area contributed by atoms with Gasteiger partial charge in [0.2, 0.25) is 5.91 Å². The first-order chi connectivity index (χ1) is 12.6. The Kier molecular flexibility index (Phi) is 5.94. The number of nitrogens with one attached hydrogen (secondary N) is 1. The molecule has 3 nitrogen and oxygen atoms in total. The number of nitrogens with zero attached hydrogens (tertiary/aromatic N) is 1. The lowest BCUT2D eigenvalue weighted by molar-refractivity contribution is -0.115. The van der Waals surface area contributed by atoms with Gasteiger partial charge in [0.25, 0.3) is 0 Å². The van der Waals surface area contributed by atoms with Crippen LogP contribution < -0.4 is 5.32 Å². The van der Waals surface area contributed by atoms with Gasteiger partial charge in [0.1, 0.15) is 0 Å². The number of aromatic nitrogens is 1. The second-order valence-corrected chi connectivity index (χ2v) is 7.57. The second-order valence-electron chi connectivity index (χ2n) is 6.35. The van der Waals surface area contributed by atoms with Crippen LogP contribution in [0.5, 0.6) is 0 Å². The molecule has 1 amide bonds. The summed E-state index contributed by atoms with van der Waals surface area (Å²) in [5.41, 5.74) is 4.26. The first kappa shape index (κ1) is 18.5. The first-order valence-electron chi connectivity index (χ1n) is 9.03. The Labute approximate surface area is 159 Å². The topological polar surface area (TPSA) is 42.0 Å². The molecule has 0 fully saturated rings. The van der Waals surface area contributed by atoms with E-state index in [9.17, 15) is 4.79 Å². The predicted molar refractivity (Wildman–Crippen MR) is 111 cm³/mol. The summed E-state index contributed by atoms with van der Waals surface area (Å²) < 4.78 is 0. The zero-order valence-electron chi connectivity index (χ0n) is 15.5. The van der Waals surface area contributed by atoms with Crippen LogP contribution in [0.1, 0.15) is 31.4 Å². The molecule has 0 aliphatic rings. The molecule has 1 unspecified atom stereocenters. The van der Waals surface area contributed by atoms with Crippen molar-refractivity contribution >= 4 is 34.3 Å². The Balaban J connectivity index is 1.75. The van der Waals surface area contributed by atoms with Crippen molar-refractivity contribution < 1.29 is 4.79 Å². The highest BCUT2D eigenvalue weighted by atomic mass is 32.2. The Morgan fingerprint density at radius 1 is 1.12 bits per heavy atom. The molecule has 0 aliphatic heterocycles. The van der Waals surface area contributed by atoms with E-state index in [-0.39, 0.29) is 11.2 Å². The van der Waals surface area contributed by atoms with Crippen LogP contribution >= 0.6 is 11.8 Å². The van der Waals surface area contributed by atoms with E-state index in [0.717, 1.165) is 34.5 Å². The van der Waals surface area contributed by atoms with Crippen molar-refractivity contribution in [2.45, 2.75) is 43.9 Å². The van der Waals surface area contributed by atoms with Crippen molar-refractivity contribution in [1.82, 2.24) is 4.98 Å². The van der Waals surface area contributed by atoms with Gasteiger partial charge in [-0.3, -0.25) is 4.79 Å². The molecule has 26 heavy (non-hydrogen) atoms. The summed E-state index contributed by atoms with van der Waals surface area (Å²) >= 11 is 1.53. The molecular formula is C22H24N2OS. The fourth-order valence-electron chi connectivity index (χ4n) is 2.89. The summed E-state index contributed by atoms with van der Waals surface area (Å²) in [6.45, 7) is 6.24. The van der Waals surface area contributed by atoms with Crippen LogP contribution in [0.15, 0.2) is 59.6 Å². The number of hydrogen-bond acceptors (Lipinski definition) is 3. The minimum absolute atomic E-state index is 0.0226. The smallest absolute Gasteiger partial charge is 0.237 e. The van der Waals surface area contributed by atoms with Gasteiger partial charge in [0, 0.05) is 11.1 Å². The van der Waals surface area contributed by atoms with E-state index in [1.54, 1.807) is 0 Å². The van der Waals surface area contributed by atoms with Crippen LogP contribution in [0.25, 0.3) is 10.9 Å². The Morgan fingerprint density at radius 3 is 2.54 bits per heavy atom. The lowest BCUT2D eigenvalue weighted by atomic mass is 10.1. The lowest BCUT2D eigenvalue weighted by Crippen LogP contribution is -2.24. The highest BCUT2D eigenvalue weighted by Gasteiger charge is 2.19. The minimum Gasteiger partial charge on any atom is -0.325 e. The number of carbonyl (C=O) groups is 1. The first-order valence-corrected chi connectivity index (χ1v) is 9.91. The number of aryl methyl sites for hydroxylation is 2. The Bertz CT molecular complexity index is 906. The van der Waals surface area contributed by atoms with E-state index in [0.29, 0.717) is 0 Å². The summed E-state index contributed by atoms with van der Waals surface area (Å²) in [4.78, 5) is 17.4. The number of carbonyl (C=O) groups excluding carboxylic acids is 1. The van der Waals surface area contributed by atoms with Gasteiger partial charge in [0.15, 0.2) is 0 Å². The molecule has 0 bridgehead atoms. The Morgan fingerprint density at radius 2 is 1.85 bits per heavy atom. The van der Waals surface area contributed by atoms with Crippen molar-refractivity contribution in [1.29, 1.82) is 0 Å². The van der Waals surface area contributed by atoms with Crippen LogP contribution in [0.2, 0.25) is 0 Å². The van der Waals surface area contributed by atoms with E-state index < -0.39 is 0 Å². The van der Waals surface area contributed by atoms with Crippen LogP contribution in [0.4, 0.5) is 5.69 Å². The second kappa shape index (κ2) is 8.37. The van der Waals surface area contributed by atoms with E-state index in [1.807, 2.05) is 37.3 Å². The van der Waals surface area contributed by atoms with Crippen molar-refractivity contribution in [3.8, 4) is 0 Å². The molecule has 134 valence electrons. The molecule has 4 heteroatoms. The fraction of sp³-hybridized carbons (Fsp3) is 0.273. The predicted octanol–water partition coefficient (Wildman–Crippen LogP) is 5.62. The number of fused-ring (bicyclic) bond motifs is 1. The number of rotatable bonds is 6. The molecule has 3 aromatic rings. The third kappa shape index (κ3) is 4.25. The van der Waals surface area contributed by atoms with E-state index in [4.69, 9.17) is 4.98 Å². The molecule has 1 N–H and O–H groups in total. The van der Waals surface area contributed by atoms with Crippen LogP contribution in [-0.2, 0) is 11.2 Å². The largest absolute Gasteiger partial charge is 0.325 e. The number of amides is 1. The third-order valence-electron chi connectivity index (χ3n) is 4.46. The number of thioether (sulfide) groups is 1. The zero-order chi connectivity index (χ0) is 18.5. The summed E-state index contributed by atoms with van der Waals surface area (Å²) in [7, 11) is 0. The quantitative estimate of drug-likeness (QED) is 0.578. The van der Waals surface area contributed by atoms with E-state index in [1.165, 1.54) is 22.9 Å². The normalized spacial score (nSPS) is 12.1. The monoisotopic (exact) mass is 364 g/mol. The molecule has 3 rings (SSSR count). The maximum Gasteiger partial charge on any atom is 0.237 e. The van der Waals surface area contributed by atoms with Gasteiger partial charge < -0.3 is 5.32 Å². The minimum atomic E-state index is -0.172. The van der Waals surface area contributed by atoms with Gasteiger partial charge in [-0.1, -0.05) is 55.9 Å². The molecule has 0 saturated heterocycles. The molecule has 0 radical (unpaired) electrons. The average Bonchev–Trinajstić information content (AvgIpc) is 2.66. The standard InChI is InChI=1S/C22H24N2OS/c1-4-16-10-12-17(13-11-16)23-22(25)20(5-2)26-21-14-15(3)18-8-6-7-9-19(18)24-21/h6-14,20H,4-5H2,1-3H3,(H,23,25). The summed E-state index contributed by atoms with van der Waals surface area (Å²) in [6.07, 6.45) is 1.74. The van der Waals surface area contributed by atoms with E-state index in [2.05, 4.69) is 43.4 Å². The summed E-state index contributed by atoms with van der Waals surface area (Å²) in [5.74, 6) is 0.0226. The highest BCUT2D eigenvalue weighted by Crippen LogP contribution is 2.28. The SMILES string of the molecule is CCc1ccc(NC(=O)C(CC)Sc2cc(C)c3ccccc3n2)cc1. The average molecular weight is 365 g/mol. The molecule has 2 aromatic carbocycles. The van der Waals surface area contributed by atoms with Crippen molar-refractivity contribution in [2.24, 2.45) is 0 Å². The fourth-order valence-corrected chi connectivity index (χ4v) is 3.91. The molecule has 1 heterocycles. The van der Waals surface area contributed by atoms with Crippen LogP contribution in [0.3, 0.4) is 0 Å². The molecule has 1 aromatic heterocycles. The molecular weight excluding hydrogens is 340 g/mol. The van der Waals surface area contributed by atoms with Crippen LogP contribution in [-0.4, -0.2) is 16.1 Å². The molecule has 0 saturated carbocycles. The summed E-state index contributed by atoms with van der Waals surface area (Å²) in [6, 6.07) is 18.2. The van der Waals surface area contributed by atoms with Gasteiger partial charge in [-0.2, -0.15) is 0 Å². The Hall–Kier alpha value is -2.33. The number of hydrogen-bond donors (Lipinski definition) is 1. The van der Waals surface area contributed by atoms with Gasteiger partial charge in [-0.25, -0.2) is 4.98 Å². The van der Waals surface area contributed by atoms with Gasteiger partial charge in [-0.15, -0.1) is 0 Å². The zero-order valence-corrected chi connectivity index (χ0v) is 16.3. The number of anilines is 1. The van der Waals surface area contributed by atoms with Gasteiger partial charge in [0.05, 0.1) is 15.8 Å². The lowest BCUT2D eigenvalue weighted by Gasteiger charge is -2.15. The molecule has 0 spiro atoms. The summed E-state index contributed by atoms with van der Waals surface area (Å²) in [5, 5.41) is 4.91. The maximum absolute atomic E-state index is 12.7.